The summed E-state index contributed by atoms with van der Waals surface area (Å²) in [5.41, 5.74) is 7.09. The van der Waals surface area contributed by atoms with Gasteiger partial charge in [-0.3, -0.25) is 9.59 Å². The predicted octanol–water partition coefficient (Wildman–Crippen LogP) is 7.91. The molecule has 0 radical (unpaired) electrons. The minimum atomic E-state index is -0.595. The van der Waals surface area contributed by atoms with Crippen LogP contribution in [-0.2, 0) is 4.79 Å². The highest BCUT2D eigenvalue weighted by Gasteiger charge is 2.39. The predicted molar refractivity (Wildman–Crippen MR) is 165 cm³/mol. The van der Waals surface area contributed by atoms with E-state index in [1.165, 1.54) is 24.3 Å². The summed E-state index contributed by atoms with van der Waals surface area (Å²) in [6.07, 6.45) is 1.42. The highest BCUT2D eigenvalue weighted by atomic mass is 35.5. The van der Waals surface area contributed by atoms with Crippen molar-refractivity contribution in [3.05, 3.63) is 98.0 Å². The average Bonchev–Trinajstić information content (AvgIpc) is 3.29. The van der Waals surface area contributed by atoms with Gasteiger partial charge in [0.05, 0.1) is 27.6 Å². The summed E-state index contributed by atoms with van der Waals surface area (Å²) in [6, 6.07) is 16.5. The fourth-order valence-corrected chi connectivity index (χ4v) is 5.02. The molecule has 0 aliphatic carbocycles. The van der Waals surface area contributed by atoms with E-state index in [0.717, 1.165) is 6.42 Å². The number of halogens is 5. The lowest BCUT2D eigenvalue weighted by Crippen LogP contribution is -2.31. The maximum atomic E-state index is 14.2. The van der Waals surface area contributed by atoms with Crippen molar-refractivity contribution in [3.8, 4) is 6.07 Å². The standard InChI is InChI=1S/C16H20ClFN2.C8H7ClN2O2.C7H6ClF/c1-16(2,3)7-14-11(8-19)12(9-20-14)10-5-4-6-13(17)15(10)18;9-7-3-5(11-4-12)1-2-6(7)8(10)13;1-5-2-3-6(8)4-7(5)9/h4-6,11-12,14,20H,7,9H2,1-3H3;1-4H,(H2,10,13)(H,11,12);2-4H,1H3. The van der Waals surface area contributed by atoms with Crippen LogP contribution in [0.3, 0.4) is 0 Å². The van der Waals surface area contributed by atoms with Gasteiger partial charge >= 0.3 is 0 Å². The van der Waals surface area contributed by atoms with Crippen molar-refractivity contribution < 1.29 is 18.4 Å². The highest BCUT2D eigenvalue weighted by molar-refractivity contribution is 6.34. The van der Waals surface area contributed by atoms with E-state index in [9.17, 15) is 23.6 Å². The van der Waals surface area contributed by atoms with Crippen LogP contribution < -0.4 is 16.4 Å². The van der Waals surface area contributed by atoms with Crippen molar-refractivity contribution in [2.45, 2.75) is 46.1 Å². The topological polar surface area (TPSA) is 108 Å². The van der Waals surface area contributed by atoms with Gasteiger partial charge in [0.15, 0.2) is 0 Å². The molecule has 4 N–H and O–H groups in total. The third-order valence-electron chi connectivity index (χ3n) is 6.42. The lowest BCUT2D eigenvalue weighted by atomic mass is 9.79. The van der Waals surface area contributed by atoms with Gasteiger partial charge < -0.3 is 16.4 Å². The molecule has 1 saturated heterocycles. The van der Waals surface area contributed by atoms with Crippen LogP contribution in [0.1, 0.15) is 54.6 Å². The number of rotatable bonds is 5. The van der Waals surface area contributed by atoms with Crippen molar-refractivity contribution in [1.82, 2.24) is 5.32 Å². The van der Waals surface area contributed by atoms with Gasteiger partial charge in [-0.2, -0.15) is 5.26 Å². The number of primary amides is 1. The minimum absolute atomic E-state index is 0.100. The summed E-state index contributed by atoms with van der Waals surface area (Å²) in [4.78, 5) is 20.8. The van der Waals surface area contributed by atoms with Crippen LogP contribution in [-0.4, -0.2) is 24.9 Å². The average molecular weight is 638 g/mol. The maximum Gasteiger partial charge on any atom is 0.250 e. The van der Waals surface area contributed by atoms with E-state index in [4.69, 9.17) is 40.5 Å². The van der Waals surface area contributed by atoms with Crippen molar-refractivity contribution in [2.24, 2.45) is 17.1 Å². The Morgan fingerprint density at radius 2 is 1.81 bits per heavy atom. The monoisotopic (exact) mass is 636 g/mol. The number of hydrogen-bond donors (Lipinski definition) is 3. The van der Waals surface area contributed by atoms with E-state index >= 15 is 0 Å². The quantitative estimate of drug-likeness (QED) is 0.247. The van der Waals surface area contributed by atoms with Gasteiger partial charge in [-0.1, -0.05) is 73.8 Å². The molecular weight excluding hydrogens is 605 g/mol. The van der Waals surface area contributed by atoms with Crippen molar-refractivity contribution in [2.75, 3.05) is 11.9 Å². The molecule has 4 rings (SSSR count). The number of amides is 2. The van der Waals surface area contributed by atoms with Crippen LogP contribution in [0.2, 0.25) is 15.1 Å². The first-order valence-corrected chi connectivity index (χ1v) is 14.1. The number of aryl methyl sites for hydroxylation is 1. The molecule has 1 fully saturated rings. The number of benzene rings is 3. The summed E-state index contributed by atoms with van der Waals surface area (Å²) < 4.78 is 26.7. The smallest absolute Gasteiger partial charge is 0.250 e. The minimum Gasteiger partial charge on any atom is -0.366 e. The Labute approximate surface area is 260 Å². The second-order valence-corrected chi connectivity index (χ2v) is 12.1. The second-order valence-electron chi connectivity index (χ2n) is 10.9. The maximum absolute atomic E-state index is 14.2. The molecule has 0 saturated carbocycles. The zero-order valence-electron chi connectivity index (χ0n) is 23.7. The van der Waals surface area contributed by atoms with Gasteiger partial charge in [-0.05, 0) is 66.3 Å². The molecule has 3 atom stereocenters. The van der Waals surface area contributed by atoms with Crippen molar-refractivity contribution >= 4 is 52.8 Å². The van der Waals surface area contributed by atoms with E-state index in [-0.39, 0.29) is 44.7 Å². The Hall–Kier alpha value is -3.22. The number of anilines is 1. The number of hydrogen-bond acceptors (Lipinski definition) is 4. The molecule has 1 heterocycles. The summed E-state index contributed by atoms with van der Waals surface area (Å²) in [7, 11) is 0. The fraction of sp³-hybridized carbons (Fsp3) is 0.323. The van der Waals surface area contributed by atoms with Gasteiger partial charge in [-0.15, -0.1) is 0 Å². The largest absolute Gasteiger partial charge is 0.366 e. The van der Waals surface area contributed by atoms with E-state index in [0.29, 0.717) is 34.8 Å². The number of nitrogens with one attached hydrogen (secondary N) is 2. The third-order valence-corrected chi connectivity index (χ3v) is 7.26. The lowest BCUT2D eigenvalue weighted by Gasteiger charge is -2.26. The summed E-state index contributed by atoms with van der Waals surface area (Å²) in [6.45, 7) is 8.77. The van der Waals surface area contributed by atoms with E-state index in [2.05, 4.69) is 37.5 Å². The Balaban J connectivity index is 0.000000240. The van der Waals surface area contributed by atoms with E-state index < -0.39 is 11.7 Å². The molecule has 2 amide bonds. The molecular formula is C31H33Cl3F2N4O2. The van der Waals surface area contributed by atoms with Crippen LogP contribution in [0.4, 0.5) is 14.5 Å². The van der Waals surface area contributed by atoms with E-state index in [1.807, 2.05) is 0 Å². The van der Waals surface area contributed by atoms with Crippen molar-refractivity contribution in [1.29, 1.82) is 5.26 Å². The van der Waals surface area contributed by atoms with Crippen LogP contribution in [0.25, 0.3) is 0 Å². The van der Waals surface area contributed by atoms with Gasteiger partial charge in [0.2, 0.25) is 12.3 Å². The lowest BCUT2D eigenvalue weighted by molar-refractivity contribution is -0.105. The molecule has 1 aliphatic rings. The molecule has 224 valence electrons. The molecule has 3 aromatic rings. The molecule has 0 spiro atoms. The molecule has 0 bridgehead atoms. The Bertz CT molecular complexity index is 1440. The van der Waals surface area contributed by atoms with Gasteiger partial charge in [0, 0.05) is 29.2 Å². The Kier molecular flexibility index (Phi) is 13.2. The number of carbonyl (C=O) groups is 2. The van der Waals surface area contributed by atoms with Crippen LogP contribution in [0.5, 0.6) is 0 Å². The Morgan fingerprint density at radius 3 is 2.33 bits per heavy atom. The molecule has 6 nitrogen and oxygen atoms in total. The van der Waals surface area contributed by atoms with Crippen LogP contribution in [0, 0.1) is 41.2 Å². The molecule has 3 unspecified atom stereocenters. The molecule has 0 aromatic heterocycles. The number of nitrogens with zero attached hydrogens (tertiary/aromatic N) is 1. The number of carbonyl (C=O) groups excluding carboxylic acids is 2. The summed E-state index contributed by atoms with van der Waals surface area (Å²) in [5, 5.41) is 16.0. The molecule has 1 aliphatic heterocycles. The second kappa shape index (κ2) is 15.9. The SMILES string of the molecule is CC(C)(C)CC1NCC(c2cccc(Cl)c2F)C1C#N.Cc1ccc(Cl)cc1F.NC(=O)c1ccc(NC=O)cc1Cl. The Morgan fingerprint density at radius 1 is 1.12 bits per heavy atom. The first kappa shape index (κ1) is 35.0. The van der Waals surface area contributed by atoms with Gasteiger partial charge in [0.25, 0.3) is 0 Å². The third kappa shape index (κ3) is 10.2. The van der Waals surface area contributed by atoms with Gasteiger partial charge in [-0.25, -0.2) is 8.78 Å². The fourth-order valence-electron chi connectivity index (χ4n) is 4.40. The first-order chi connectivity index (χ1) is 19.7. The normalized spacial score (nSPS) is 17.6. The molecule has 3 aromatic carbocycles. The number of nitriles is 1. The highest BCUT2D eigenvalue weighted by Crippen LogP contribution is 2.38. The van der Waals surface area contributed by atoms with E-state index in [1.54, 1.807) is 37.3 Å². The van der Waals surface area contributed by atoms with Crippen molar-refractivity contribution in [3.63, 3.8) is 0 Å². The van der Waals surface area contributed by atoms with Crippen LogP contribution >= 0.6 is 34.8 Å². The summed E-state index contributed by atoms with van der Waals surface area (Å²) in [5.74, 6) is -1.59. The zero-order chi connectivity index (χ0) is 31.6. The summed E-state index contributed by atoms with van der Waals surface area (Å²) >= 11 is 17.0. The molecule has 11 heteroatoms. The number of nitrogens with two attached hydrogens (primary N) is 1. The first-order valence-electron chi connectivity index (χ1n) is 13.0. The van der Waals surface area contributed by atoms with Gasteiger partial charge in [0.1, 0.15) is 11.6 Å². The molecule has 42 heavy (non-hydrogen) atoms. The van der Waals surface area contributed by atoms with Crippen LogP contribution in [0.15, 0.2) is 54.6 Å². The zero-order valence-corrected chi connectivity index (χ0v) is 25.9.